The van der Waals surface area contributed by atoms with Gasteiger partial charge in [-0.3, -0.25) is 14.3 Å². The van der Waals surface area contributed by atoms with Crippen molar-refractivity contribution in [3.63, 3.8) is 0 Å². The van der Waals surface area contributed by atoms with Gasteiger partial charge in [-0.25, -0.2) is 0 Å². The van der Waals surface area contributed by atoms with Gasteiger partial charge in [0.05, 0.1) is 6.54 Å². The summed E-state index contributed by atoms with van der Waals surface area (Å²) in [4.78, 5) is 13.6. The van der Waals surface area contributed by atoms with E-state index in [-0.39, 0.29) is 12.1 Å². The minimum absolute atomic E-state index is 0.0775. The van der Waals surface area contributed by atoms with Gasteiger partial charge < -0.3 is 4.90 Å². The summed E-state index contributed by atoms with van der Waals surface area (Å²) in [6.07, 6.45) is 1.58. The van der Waals surface area contributed by atoms with Crippen LogP contribution in [0.15, 0.2) is 24.3 Å². The van der Waals surface area contributed by atoms with Crippen molar-refractivity contribution in [2.75, 3.05) is 25.1 Å². The lowest BCUT2D eigenvalue weighted by atomic mass is 10.1. The maximum absolute atomic E-state index is 11.8. The van der Waals surface area contributed by atoms with E-state index in [1.165, 1.54) is 0 Å². The van der Waals surface area contributed by atoms with E-state index in [1.807, 2.05) is 31.2 Å². The van der Waals surface area contributed by atoms with Crippen molar-refractivity contribution in [1.82, 2.24) is 10.2 Å². The minimum Gasteiger partial charge on any atom is -0.321 e. The Morgan fingerprint density at radius 3 is 2.83 bits per heavy atom. The molecule has 0 aromatic heterocycles. The highest BCUT2D eigenvalue weighted by atomic mass is 32.2. The lowest BCUT2D eigenvalue weighted by Crippen LogP contribution is -2.33. The molecule has 4 nitrogen and oxygen atoms in total. The van der Waals surface area contributed by atoms with Crippen LogP contribution in [0.25, 0.3) is 0 Å². The highest BCUT2D eigenvalue weighted by Crippen LogP contribution is 2.24. The quantitative estimate of drug-likeness (QED) is 0.877. The van der Waals surface area contributed by atoms with Gasteiger partial charge in [0, 0.05) is 29.4 Å². The van der Waals surface area contributed by atoms with Crippen LogP contribution in [0.2, 0.25) is 0 Å². The summed E-state index contributed by atoms with van der Waals surface area (Å²) in [6.45, 7) is 2.93. The zero-order valence-electron chi connectivity index (χ0n) is 10.7. The van der Waals surface area contributed by atoms with Crippen LogP contribution >= 0.6 is 0 Å². The van der Waals surface area contributed by atoms with Crippen LogP contribution in [0, 0.1) is 6.92 Å². The molecule has 0 saturated carbocycles. The summed E-state index contributed by atoms with van der Waals surface area (Å²) in [5.74, 6) is 0.601. The molecule has 1 aromatic carbocycles. The molecule has 5 heteroatoms. The largest absolute Gasteiger partial charge is 0.321 e. The van der Waals surface area contributed by atoms with Gasteiger partial charge in [0.2, 0.25) is 5.91 Å². The first-order valence-corrected chi connectivity index (χ1v) is 7.70. The van der Waals surface area contributed by atoms with Crippen LogP contribution in [-0.2, 0) is 15.6 Å². The van der Waals surface area contributed by atoms with E-state index in [1.54, 1.807) is 11.2 Å². The number of amides is 1. The van der Waals surface area contributed by atoms with E-state index in [0.717, 1.165) is 11.1 Å². The third kappa shape index (κ3) is 2.79. The molecule has 0 radical (unpaired) electrons. The predicted octanol–water partition coefficient (Wildman–Crippen LogP) is 0.804. The highest BCUT2D eigenvalue weighted by molar-refractivity contribution is 7.84. The third-order valence-electron chi connectivity index (χ3n) is 3.18. The number of carbonyl (C=O) groups excluding carboxylic acids is 1. The number of hydrogen-bond acceptors (Lipinski definition) is 3. The second-order valence-corrected chi connectivity index (χ2v) is 6.06. The van der Waals surface area contributed by atoms with E-state index >= 15 is 0 Å². The summed E-state index contributed by atoms with van der Waals surface area (Å²) in [6, 6.07) is 8.03. The minimum atomic E-state index is -0.875. The van der Waals surface area contributed by atoms with Crippen molar-refractivity contribution in [2.45, 2.75) is 13.1 Å². The molecule has 1 aromatic rings. The van der Waals surface area contributed by atoms with Crippen LogP contribution in [0.1, 0.15) is 17.3 Å². The topological polar surface area (TPSA) is 49.4 Å². The fourth-order valence-corrected chi connectivity index (χ4v) is 2.65. The molecule has 1 saturated heterocycles. The van der Waals surface area contributed by atoms with E-state index in [0.29, 0.717) is 18.8 Å². The molecule has 1 N–H and O–H groups in total. The van der Waals surface area contributed by atoms with Crippen molar-refractivity contribution >= 4 is 16.7 Å². The molecule has 1 heterocycles. The summed E-state index contributed by atoms with van der Waals surface area (Å²) in [5, 5.41) is 3.21. The molecule has 1 aliphatic heterocycles. The number of nitrogens with one attached hydrogen (secondary N) is 1. The summed E-state index contributed by atoms with van der Waals surface area (Å²) in [5.41, 5.74) is 2.28. The number of hydrogen-bond donors (Lipinski definition) is 1. The molecular formula is C13H18N2O2S. The van der Waals surface area contributed by atoms with Crippen molar-refractivity contribution in [2.24, 2.45) is 0 Å². The number of benzene rings is 1. The van der Waals surface area contributed by atoms with Gasteiger partial charge in [-0.05, 0) is 18.1 Å². The Balaban J connectivity index is 2.19. The van der Waals surface area contributed by atoms with Gasteiger partial charge in [-0.15, -0.1) is 0 Å². The van der Waals surface area contributed by atoms with Crippen molar-refractivity contribution in [1.29, 1.82) is 0 Å². The smallest absolute Gasteiger partial charge is 0.238 e. The molecule has 1 amide bonds. The van der Waals surface area contributed by atoms with Crippen molar-refractivity contribution in [3.05, 3.63) is 35.4 Å². The molecule has 2 rings (SSSR count). The fourth-order valence-electron chi connectivity index (χ4n) is 2.19. The second kappa shape index (κ2) is 5.63. The van der Waals surface area contributed by atoms with E-state index in [9.17, 15) is 9.00 Å². The fraction of sp³-hybridized carbons (Fsp3) is 0.462. The van der Waals surface area contributed by atoms with Crippen LogP contribution in [0.5, 0.6) is 0 Å². The molecule has 1 aliphatic rings. The number of nitrogens with zero attached hydrogens (tertiary/aromatic N) is 1. The maximum atomic E-state index is 11.8. The normalized spacial score (nSPS) is 21.3. The van der Waals surface area contributed by atoms with Crippen LogP contribution in [0.4, 0.5) is 0 Å². The standard InChI is InChI=1S/C13H18N2O2S/c1-10-5-3-4-6-11(10)13-14-9-12(16)15(13)7-8-18(2)17/h3-6,13-14H,7-9H2,1-2H3. The zero-order chi connectivity index (χ0) is 13.1. The van der Waals surface area contributed by atoms with E-state index in [2.05, 4.69) is 5.32 Å². The van der Waals surface area contributed by atoms with E-state index < -0.39 is 10.8 Å². The van der Waals surface area contributed by atoms with Crippen molar-refractivity contribution in [3.8, 4) is 0 Å². The Hall–Kier alpha value is -1.20. The van der Waals surface area contributed by atoms with Gasteiger partial charge >= 0.3 is 0 Å². The molecule has 0 aliphatic carbocycles. The van der Waals surface area contributed by atoms with Crippen LogP contribution in [0.3, 0.4) is 0 Å². The average Bonchev–Trinajstić information content (AvgIpc) is 2.68. The second-order valence-electron chi connectivity index (χ2n) is 4.50. The Morgan fingerprint density at radius 1 is 1.44 bits per heavy atom. The monoisotopic (exact) mass is 266 g/mol. The summed E-state index contributed by atoms with van der Waals surface area (Å²) < 4.78 is 11.2. The molecule has 1 fully saturated rings. The number of rotatable bonds is 4. The lowest BCUT2D eigenvalue weighted by molar-refractivity contribution is -0.127. The Bertz CT molecular complexity index is 476. The van der Waals surface area contributed by atoms with Crippen molar-refractivity contribution < 1.29 is 9.00 Å². The molecule has 0 bridgehead atoms. The molecule has 98 valence electrons. The van der Waals surface area contributed by atoms with Gasteiger partial charge in [-0.2, -0.15) is 0 Å². The SMILES string of the molecule is Cc1ccccc1C1NCC(=O)N1CCS(C)=O. The first-order chi connectivity index (χ1) is 8.59. The summed E-state index contributed by atoms with van der Waals surface area (Å²) in [7, 11) is -0.875. The Morgan fingerprint density at radius 2 is 2.17 bits per heavy atom. The lowest BCUT2D eigenvalue weighted by Gasteiger charge is -2.25. The molecule has 2 unspecified atom stereocenters. The van der Waals surface area contributed by atoms with E-state index in [4.69, 9.17) is 0 Å². The predicted molar refractivity (Wildman–Crippen MR) is 72.6 cm³/mol. The van der Waals surface area contributed by atoms with Gasteiger partial charge in [0.15, 0.2) is 0 Å². The number of carbonyl (C=O) groups is 1. The van der Waals surface area contributed by atoms with Gasteiger partial charge in [0.25, 0.3) is 0 Å². The summed E-state index contributed by atoms with van der Waals surface area (Å²) >= 11 is 0. The molecule has 2 atom stereocenters. The zero-order valence-corrected chi connectivity index (χ0v) is 11.5. The first-order valence-electron chi connectivity index (χ1n) is 5.98. The molecular weight excluding hydrogens is 248 g/mol. The van der Waals surface area contributed by atoms with Gasteiger partial charge in [0.1, 0.15) is 6.17 Å². The average molecular weight is 266 g/mol. The van der Waals surface area contributed by atoms with Gasteiger partial charge in [-0.1, -0.05) is 24.3 Å². The molecule has 18 heavy (non-hydrogen) atoms. The Kier molecular flexibility index (Phi) is 4.14. The molecule has 0 spiro atoms. The highest BCUT2D eigenvalue weighted by Gasteiger charge is 2.31. The Labute approximate surface area is 110 Å². The number of aryl methyl sites for hydroxylation is 1. The maximum Gasteiger partial charge on any atom is 0.238 e. The third-order valence-corrected chi connectivity index (χ3v) is 3.94. The van der Waals surface area contributed by atoms with Crippen LogP contribution in [-0.4, -0.2) is 40.1 Å². The first kappa shape index (κ1) is 13.2. The van der Waals surface area contributed by atoms with Crippen LogP contribution < -0.4 is 5.32 Å².